The standard InChI is InChI=1S/C41H23N3S2/c1-2-10-26(11-3-1)43-34-21-19-24(22-31(34)39-38(43)37-30-15-7-9-17-36(30)45-41(37)46-39)25-18-20-32-35(23-25)44-33-16-8-6-13-28(33)27-12-4-5-14-29(27)40(44)42-32/h1-23H. The van der Waals surface area contributed by atoms with Gasteiger partial charge in [-0.15, -0.1) is 22.7 Å². The Morgan fingerprint density at radius 1 is 0.500 bits per heavy atom. The van der Waals surface area contributed by atoms with Gasteiger partial charge in [-0.1, -0.05) is 91.0 Å². The summed E-state index contributed by atoms with van der Waals surface area (Å²) >= 11 is 3.83. The maximum Gasteiger partial charge on any atom is 0.146 e. The Kier molecular flexibility index (Phi) is 4.87. The lowest BCUT2D eigenvalue weighted by molar-refractivity contribution is 1.19. The monoisotopic (exact) mass is 621 g/mol. The third-order valence-corrected chi connectivity index (χ3v) is 12.0. The zero-order valence-electron chi connectivity index (χ0n) is 24.4. The van der Waals surface area contributed by atoms with Gasteiger partial charge in [-0.2, -0.15) is 0 Å². The quantitative estimate of drug-likeness (QED) is 0.176. The molecule has 46 heavy (non-hydrogen) atoms. The molecule has 0 spiro atoms. The van der Waals surface area contributed by atoms with Crippen LogP contribution >= 0.6 is 22.7 Å². The van der Waals surface area contributed by atoms with E-state index in [1.807, 2.05) is 22.7 Å². The molecule has 5 heteroatoms. The van der Waals surface area contributed by atoms with E-state index in [4.69, 9.17) is 4.98 Å². The number of nitrogens with zero attached hydrogens (tertiary/aromatic N) is 3. The van der Waals surface area contributed by atoms with Gasteiger partial charge in [-0.05, 0) is 65.0 Å². The number of pyridine rings is 1. The summed E-state index contributed by atoms with van der Waals surface area (Å²) in [5, 5.41) is 7.66. The van der Waals surface area contributed by atoms with Crippen LogP contribution in [0.15, 0.2) is 140 Å². The van der Waals surface area contributed by atoms with Crippen molar-refractivity contribution in [3.8, 4) is 16.8 Å². The Morgan fingerprint density at radius 2 is 1.22 bits per heavy atom. The van der Waals surface area contributed by atoms with Gasteiger partial charge in [0.15, 0.2) is 0 Å². The molecule has 0 atom stereocenters. The van der Waals surface area contributed by atoms with Crippen molar-refractivity contribution in [1.82, 2.24) is 14.0 Å². The second-order valence-corrected chi connectivity index (χ2v) is 14.3. The lowest BCUT2D eigenvalue weighted by Gasteiger charge is -2.10. The number of thiophene rings is 2. The number of hydrogen-bond acceptors (Lipinski definition) is 3. The van der Waals surface area contributed by atoms with Gasteiger partial charge in [0.05, 0.1) is 36.3 Å². The van der Waals surface area contributed by atoms with Crippen LogP contribution in [0, 0.1) is 0 Å². The first-order valence-corrected chi connectivity index (χ1v) is 17.1. The van der Waals surface area contributed by atoms with Crippen molar-refractivity contribution in [2.24, 2.45) is 0 Å². The Labute approximate surface area is 270 Å². The molecule has 5 aromatic heterocycles. The van der Waals surface area contributed by atoms with Crippen molar-refractivity contribution < 1.29 is 0 Å². The van der Waals surface area contributed by atoms with Gasteiger partial charge in [0.25, 0.3) is 0 Å². The molecule has 0 bridgehead atoms. The number of aromatic nitrogens is 3. The van der Waals surface area contributed by atoms with Crippen LogP contribution in [-0.4, -0.2) is 14.0 Å². The molecule has 0 aliphatic heterocycles. The molecule has 0 aliphatic rings. The van der Waals surface area contributed by atoms with Crippen LogP contribution < -0.4 is 0 Å². The molecule has 0 aliphatic carbocycles. The molecule has 0 N–H and O–H groups in total. The molecule has 11 aromatic rings. The maximum absolute atomic E-state index is 5.16. The zero-order chi connectivity index (χ0) is 29.9. The SMILES string of the molecule is c1ccc(-n2c3ccc(-c4ccc5nc6c7ccccc7c7ccccc7n6c5c4)cc3c3sc4sc5ccccc5c4c32)cc1. The van der Waals surface area contributed by atoms with Gasteiger partial charge < -0.3 is 4.57 Å². The van der Waals surface area contributed by atoms with E-state index < -0.39 is 0 Å². The van der Waals surface area contributed by atoms with Crippen molar-refractivity contribution in [2.45, 2.75) is 0 Å². The molecular formula is C41H23N3S2. The third-order valence-electron chi connectivity index (χ3n) is 9.52. The Balaban J connectivity index is 1.20. The van der Waals surface area contributed by atoms with Crippen molar-refractivity contribution >= 4 is 102 Å². The third kappa shape index (κ3) is 3.23. The van der Waals surface area contributed by atoms with E-state index in [0.29, 0.717) is 0 Å². The highest BCUT2D eigenvalue weighted by Crippen LogP contribution is 2.49. The Morgan fingerprint density at radius 3 is 2.11 bits per heavy atom. The van der Waals surface area contributed by atoms with Gasteiger partial charge in [0, 0.05) is 37.3 Å². The highest BCUT2D eigenvalue weighted by atomic mass is 32.2. The van der Waals surface area contributed by atoms with E-state index in [2.05, 4.69) is 148 Å². The highest BCUT2D eigenvalue weighted by Gasteiger charge is 2.22. The largest absolute Gasteiger partial charge is 0.308 e. The minimum Gasteiger partial charge on any atom is -0.308 e. The lowest BCUT2D eigenvalue weighted by Crippen LogP contribution is -1.93. The molecular weight excluding hydrogens is 599 g/mol. The fraction of sp³-hybridized carbons (Fsp3) is 0. The summed E-state index contributed by atoms with van der Waals surface area (Å²) in [7, 11) is 0. The fourth-order valence-corrected chi connectivity index (χ4v) is 10.2. The number of hydrogen-bond donors (Lipinski definition) is 0. The van der Waals surface area contributed by atoms with Crippen molar-refractivity contribution in [3.05, 3.63) is 140 Å². The van der Waals surface area contributed by atoms with Crippen molar-refractivity contribution in [3.63, 3.8) is 0 Å². The summed E-state index contributed by atoms with van der Waals surface area (Å²) in [5.74, 6) is 0. The summed E-state index contributed by atoms with van der Waals surface area (Å²) in [4.78, 5) is 5.16. The smallest absolute Gasteiger partial charge is 0.146 e. The molecule has 0 unspecified atom stereocenters. The highest BCUT2D eigenvalue weighted by molar-refractivity contribution is 7.45. The van der Waals surface area contributed by atoms with Crippen LogP contribution in [0.4, 0.5) is 0 Å². The van der Waals surface area contributed by atoms with Crippen LogP contribution in [0.25, 0.3) is 95.8 Å². The van der Waals surface area contributed by atoms with Gasteiger partial charge in [-0.3, -0.25) is 4.40 Å². The van der Waals surface area contributed by atoms with Crippen LogP contribution in [0.5, 0.6) is 0 Å². The van der Waals surface area contributed by atoms with Gasteiger partial charge in [-0.25, -0.2) is 4.98 Å². The van der Waals surface area contributed by atoms with Crippen LogP contribution in [-0.2, 0) is 0 Å². The van der Waals surface area contributed by atoms with Crippen LogP contribution in [0.2, 0.25) is 0 Å². The minimum atomic E-state index is 1.00. The average Bonchev–Trinajstić information content (AvgIpc) is 3.85. The van der Waals surface area contributed by atoms with Gasteiger partial charge in [0.2, 0.25) is 0 Å². The zero-order valence-corrected chi connectivity index (χ0v) is 26.1. The Hall–Kier alpha value is -5.49. The van der Waals surface area contributed by atoms with Crippen molar-refractivity contribution in [2.75, 3.05) is 0 Å². The number of benzene rings is 6. The molecule has 0 amide bonds. The van der Waals surface area contributed by atoms with Gasteiger partial charge in [0.1, 0.15) is 5.65 Å². The Bertz CT molecular complexity index is 3030. The van der Waals surface area contributed by atoms with E-state index in [1.165, 1.54) is 79.1 Å². The second-order valence-electron chi connectivity index (χ2n) is 12.0. The summed E-state index contributed by atoms with van der Waals surface area (Å²) in [5.41, 5.74) is 10.5. The summed E-state index contributed by atoms with van der Waals surface area (Å²) in [6.07, 6.45) is 0. The van der Waals surface area contributed by atoms with E-state index >= 15 is 0 Å². The first kappa shape index (κ1) is 24.8. The second kappa shape index (κ2) is 9.04. The van der Waals surface area contributed by atoms with E-state index in [0.717, 1.165) is 16.7 Å². The van der Waals surface area contributed by atoms with Crippen LogP contribution in [0.1, 0.15) is 0 Å². The number of imidazole rings is 1. The fourth-order valence-electron chi connectivity index (χ4n) is 7.52. The average molecular weight is 622 g/mol. The molecule has 0 radical (unpaired) electrons. The molecule has 0 fully saturated rings. The summed E-state index contributed by atoms with van der Waals surface area (Å²) in [6.45, 7) is 0. The summed E-state index contributed by atoms with van der Waals surface area (Å²) < 4.78 is 8.89. The predicted molar refractivity (Wildman–Crippen MR) is 198 cm³/mol. The first-order valence-electron chi connectivity index (χ1n) is 15.5. The molecule has 0 saturated heterocycles. The minimum absolute atomic E-state index is 1.00. The molecule has 6 aromatic carbocycles. The number of fused-ring (bicyclic) bond motifs is 15. The normalized spacial score (nSPS) is 12.3. The van der Waals surface area contributed by atoms with Gasteiger partial charge >= 0.3 is 0 Å². The molecule has 11 rings (SSSR count). The van der Waals surface area contributed by atoms with E-state index in [9.17, 15) is 0 Å². The van der Waals surface area contributed by atoms with E-state index in [1.54, 1.807) is 0 Å². The van der Waals surface area contributed by atoms with Crippen molar-refractivity contribution in [1.29, 1.82) is 0 Å². The molecule has 5 heterocycles. The summed E-state index contributed by atoms with van der Waals surface area (Å²) in [6, 6.07) is 50.7. The lowest BCUT2D eigenvalue weighted by atomic mass is 10.0. The topological polar surface area (TPSA) is 22.2 Å². The maximum atomic E-state index is 5.16. The molecule has 214 valence electrons. The van der Waals surface area contributed by atoms with Crippen LogP contribution in [0.3, 0.4) is 0 Å². The molecule has 0 saturated carbocycles. The number of rotatable bonds is 2. The number of para-hydroxylation sites is 2. The first-order chi connectivity index (χ1) is 22.8. The molecule has 3 nitrogen and oxygen atoms in total. The predicted octanol–water partition coefficient (Wildman–Crippen LogP) is 12.0. The van der Waals surface area contributed by atoms with E-state index in [-0.39, 0.29) is 0 Å².